The van der Waals surface area contributed by atoms with Crippen molar-refractivity contribution in [1.82, 2.24) is 4.98 Å². The van der Waals surface area contributed by atoms with Crippen LogP contribution in [0.5, 0.6) is 0 Å². The number of aromatic nitrogens is 1. The molecule has 0 aliphatic heterocycles. The van der Waals surface area contributed by atoms with Gasteiger partial charge in [0.25, 0.3) is 0 Å². The number of hydrogen-bond acceptors (Lipinski definition) is 1. The van der Waals surface area contributed by atoms with Gasteiger partial charge in [0.2, 0.25) is 0 Å². The molecule has 1 aromatic carbocycles. The maximum Gasteiger partial charge on any atom is 0.338 e. The molecule has 0 saturated heterocycles. The Morgan fingerprint density at radius 2 is 2.06 bits per heavy atom. The molecule has 2 N–H and O–H groups in total. The van der Waals surface area contributed by atoms with Gasteiger partial charge in [-0.25, -0.2) is 4.79 Å². The number of carboxylic acid groups (broad SMARTS) is 1. The van der Waals surface area contributed by atoms with E-state index in [1.165, 1.54) is 0 Å². The van der Waals surface area contributed by atoms with Crippen molar-refractivity contribution in [2.75, 3.05) is 0 Å². The van der Waals surface area contributed by atoms with E-state index < -0.39 is 5.97 Å². The number of fused-ring (bicyclic) bond motifs is 1. The highest BCUT2D eigenvalue weighted by Gasteiger charge is 2.17. The second kappa shape index (κ2) is 3.67. The van der Waals surface area contributed by atoms with E-state index in [1.807, 2.05) is 18.2 Å². The SMILES string of the molecule is Cc1[nH]c2c(C(C)C)cccc2c1C(=O)O. The Morgan fingerprint density at radius 3 is 2.62 bits per heavy atom. The number of aromatic amines is 1. The molecule has 0 amide bonds. The van der Waals surface area contributed by atoms with E-state index in [1.54, 1.807) is 6.92 Å². The van der Waals surface area contributed by atoms with Gasteiger partial charge >= 0.3 is 5.97 Å². The van der Waals surface area contributed by atoms with Crippen LogP contribution >= 0.6 is 0 Å². The summed E-state index contributed by atoms with van der Waals surface area (Å²) in [5, 5.41) is 9.96. The zero-order valence-corrected chi connectivity index (χ0v) is 9.66. The molecule has 3 nitrogen and oxygen atoms in total. The zero-order valence-electron chi connectivity index (χ0n) is 9.66. The molecule has 1 aromatic heterocycles. The van der Waals surface area contributed by atoms with Gasteiger partial charge in [0, 0.05) is 16.6 Å². The highest BCUT2D eigenvalue weighted by Crippen LogP contribution is 2.28. The van der Waals surface area contributed by atoms with Crippen molar-refractivity contribution in [2.45, 2.75) is 26.7 Å². The van der Waals surface area contributed by atoms with Crippen LogP contribution in [0.1, 0.15) is 41.4 Å². The molecule has 2 rings (SSSR count). The average molecular weight is 217 g/mol. The lowest BCUT2D eigenvalue weighted by Crippen LogP contribution is -1.97. The van der Waals surface area contributed by atoms with Gasteiger partial charge < -0.3 is 10.1 Å². The molecule has 0 fully saturated rings. The van der Waals surface area contributed by atoms with Crippen LogP contribution in [-0.2, 0) is 0 Å². The van der Waals surface area contributed by atoms with Crippen molar-refractivity contribution in [3.63, 3.8) is 0 Å². The summed E-state index contributed by atoms with van der Waals surface area (Å²) in [4.78, 5) is 14.3. The van der Waals surface area contributed by atoms with Crippen LogP contribution in [0.2, 0.25) is 0 Å². The van der Waals surface area contributed by atoms with Crippen molar-refractivity contribution in [3.05, 3.63) is 35.0 Å². The fourth-order valence-electron chi connectivity index (χ4n) is 2.13. The molecule has 16 heavy (non-hydrogen) atoms. The van der Waals surface area contributed by atoms with Gasteiger partial charge in [0.05, 0.1) is 5.56 Å². The Balaban J connectivity index is 2.83. The van der Waals surface area contributed by atoms with Crippen LogP contribution in [-0.4, -0.2) is 16.1 Å². The smallest absolute Gasteiger partial charge is 0.338 e. The van der Waals surface area contributed by atoms with Crippen LogP contribution in [0.25, 0.3) is 10.9 Å². The zero-order chi connectivity index (χ0) is 11.9. The standard InChI is InChI=1S/C13H15NO2/c1-7(2)9-5-4-6-10-11(13(15)16)8(3)14-12(9)10/h4-7,14H,1-3H3,(H,15,16). The lowest BCUT2D eigenvalue weighted by atomic mass is 9.99. The third-order valence-electron chi connectivity index (χ3n) is 2.89. The first-order valence-corrected chi connectivity index (χ1v) is 5.37. The highest BCUT2D eigenvalue weighted by atomic mass is 16.4. The number of hydrogen-bond donors (Lipinski definition) is 2. The van der Waals surface area contributed by atoms with E-state index in [9.17, 15) is 4.79 Å². The van der Waals surface area contributed by atoms with Gasteiger partial charge in [-0.1, -0.05) is 32.0 Å². The van der Waals surface area contributed by atoms with Crippen molar-refractivity contribution in [3.8, 4) is 0 Å². The minimum Gasteiger partial charge on any atom is -0.478 e. The van der Waals surface area contributed by atoms with Gasteiger partial charge in [-0.05, 0) is 18.4 Å². The Hall–Kier alpha value is -1.77. The number of carbonyl (C=O) groups is 1. The summed E-state index contributed by atoms with van der Waals surface area (Å²) in [6, 6.07) is 5.81. The summed E-state index contributed by atoms with van der Waals surface area (Å²) < 4.78 is 0. The Kier molecular flexibility index (Phi) is 2.46. The fourth-order valence-corrected chi connectivity index (χ4v) is 2.13. The highest BCUT2D eigenvalue weighted by molar-refractivity contribution is 6.05. The lowest BCUT2D eigenvalue weighted by Gasteiger charge is -2.06. The van der Waals surface area contributed by atoms with Gasteiger partial charge in [-0.3, -0.25) is 0 Å². The molecule has 0 radical (unpaired) electrons. The molecule has 0 aliphatic rings. The largest absolute Gasteiger partial charge is 0.478 e. The predicted molar refractivity (Wildman–Crippen MR) is 64.1 cm³/mol. The molecule has 3 heteroatoms. The molecule has 1 heterocycles. The first kappa shape index (κ1) is 10.7. The molecule has 0 atom stereocenters. The average Bonchev–Trinajstić information content (AvgIpc) is 2.52. The molecular weight excluding hydrogens is 202 g/mol. The first-order valence-electron chi connectivity index (χ1n) is 5.37. The van der Waals surface area contributed by atoms with Gasteiger partial charge in [0.15, 0.2) is 0 Å². The maximum atomic E-state index is 11.2. The predicted octanol–water partition coefficient (Wildman–Crippen LogP) is 3.30. The first-order chi connectivity index (χ1) is 7.52. The summed E-state index contributed by atoms with van der Waals surface area (Å²) in [7, 11) is 0. The second-order valence-corrected chi connectivity index (χ2v) is 4.35. The number of para-hydroxylation sites is 1. The fraction of sp³-hybridized carbons (Fsp3) is 0.308. The molecule has 0 unspecified atom stereocenters. The normalized spacial score (nSPS) is 11.2. The van der Waals surface area contributed by atoms with E-state index in [0.29, 0.717) is 11.5 Å². The monoisotopic (exact) mass is 217 g/mol. The Morgan fingerprint density at radius 1 is 1.38 bits per heavy atom. The van der Waals surface area contributed by atoms with Crippen LogP contribution in [0, 0.1) is 6.92 Å². The Labute approximate surface area is 94.1 Å². The van der Waals surface area contributed by atoms with E-state index in [4.69, 9.17) is 5.11 Å². The minimum atomic E-state index is -0.871. The van der Waals surface area contributed by atoms with Crippen LogP contribution in [0.3, 0.4) is 0 Å². The number of benzene rings is 1. The number of H-pyrrole nitrogens is 1. The van der Waals surface area contributed by atoms with Crippen molar-refractivity contribution >= 4 is 16.9 Å². The summed E-state index contributed by atoms with van der Waals surface area (Å²) in [6.45, 7) is 6.00. The quantitative estimate of drug-likeness (QED) is 0.810. The molecule has 2 aromatic rings. The van der Waals surface area contributed by atoms with Gasteiger partial charge in [-0.15, -0.1) is 0 Å². The summed E-state index contributed by atoms with van der Waals surface area (Å²) in [6.07, 6.45) is 0. The number of nitrogens with one attached hydrogen (secondary N) is 1. The van der Waals surface area contributed by atoms with Crippen LogP contribution < -0.4 is 0 Å². The van der Waals surface area contributed by atoms with Gasteiger partial charge in [-0.2, -0.15) is 0 Å². The third kappa shape index (κ3) is 1.48. The minimum absolute atomic E-state index is 0.378. The number of aromatic carboxylic acids is 1. The van der Waals surface area contributed by atoms with Gasteiger partial charge in [0.1, 0.15) is 0 Å². The van der Waals surface area contributed by atoms with Crippen molar-refractivity contribution in [2.24, 2.45) is 0 Å². The van der Waals surface area contributed by atoms with E-state index in [0.717, 1.165) is 22.2 Å². The molecule has 0 aliphatic carbocycles. The molecule has 0 bridgehead atoms. The molecule has 0 saturated carbocycles. The van der Waals surface area contributed by atoms with Crippen molar-refractivity contribution < 1.29 is 9.90 Å². The topological polar surface area (TPSA) is 53.1 Å². The molecule has 84 valence electrons. The number of rotatable bonds is 2. The maximum absolute atomic E-state index is 11.2. The van der Waals surface area contributed by atoms with E-state index >= 15 is 0 Å². The number of carboxylic acids is 1. The van der Waals surface area contributed by atoms with Crippen LogP contribution in [0.4, 0.5) is 0 Å². The van der Waals surface area contributed by atoms with E-state index in [-0.39, 0.29) is 0 Å². The molecule has 0 spiro atoms. The second-order valence-electron chi connectivity index (χ2n) is 4.35. The Bertz CT molecular complexity index is 552. The van der Waals surface area contributed by atoms with Crippen molar-refractivity contribution in [1.29, 1.82) is 0 Å². The number of aryl methyl sites for hydroxylation is 1. The van der Waals surface area contributed by atoms with E-state index in [2.05, 4.69) is 18.8 Å². The summed E-state index contributed by atoms with van der Waals surface area (Å²) in [5.74, 6) is -0.493. The summed E-state index contributed by atoms with van der Waals surface area (Å²) in [5.41, 5.74) is 3.22. The summed E-state index contributed by atoms with van der Waals surface area (Å²) >= 11 is 0. The molecular formula is C13H15NO2. The van der Waals surface area contributed by atoms with Crippen LogP contribution in [0.15, 0.2) is 18.2 Å². The third-order valence-corrected chi connectivity index (χ3v) is 2.89. The lowest BCUT2D eigenvalue weighted by molar-refractivity contribution is 0.0698.